The molecule has 1 saturated heterocycles. The van der Waals surface area contributed by atoms with Gasteiger partial charge in [0, 0.05) is 30.8 Å². The number of nitrogens with zero attached hydrogens (tertiary/aromatic N) is 1. The van der Waals surface area contributed by atoms with Crippen LogP contribution in [0.4, 0.5) is 0 Å². The van der Waals surface area contributed by atoms with Crippen LogP contribution in [-0.4, -0.2) is 38.3 Å². The molecule has 1 heterocycles. The van der Waals surface area contributed by atoms with Crippen molar-refractivity contribution in [2.24, 2.45) is 11.7 Å². The van der Waals surface area contributed by atoms with E-state index in [0.717, 1.165) is 37.6 Å². The largest absolute Gasteiger partial charge is 0.497 e. The summed E-state index contributed by atoms with van der Waals surface area (Å²) in [5.74, 6) is 2.27. The fourth-order valence-corrected chi connectivity index (χ4v) is 2.62. The molecule has 0 aliphatic carbocycles. The molecule has 2 N–H and O–H groups in total. The van der Waals surface area contributed by atoms with E-state index in [1.165, 1.54) is 5.56 Å². The Bertz CT molecular complexity index is 423. The third kappa shape index (κ3) is 3.39. The third-order valence-corrected chi connectivity index (χ3v) is 3.94. The molecule has 19 heavy (non-hydrogen) atoms. The van der Waals surface area contributed by atoms with E-state index in [1.54, 1.807) is 14.2 Å². The lowest BCUT2D eigenvalue weighted by Gasteiger charge is -2.35. The van der Waals surface area contributed by atoms with Crippen LogP contribution >= 0.6 is 0 Å². The molecule has 4 nitrogen and oxygen atoms in total. The number of likely N-dealkylation sites (tertiary alicyclic amines) is 1. The van der Waals surface area contributed by atoms with E-state index in [1.807, 2.05) is 12.1 Å². The Morgan fingerprint density at radius 2 is 2.11 bits per heavy atom. The standard InChI is InChI=1S/C15H24N2O2/c1-11-9-17(7-6-14(11)16)10-12-4-5-13(18-2)8-15(12)19-3/h4-5,8,11,14H,6-7,9-10,16H2,1-3H3. The van der Waals surface area contributed by atoms with Gasteiger partial charge in [-0.3, -0.25) is 4.90 Å². The van der Waals surface area contributed by atoms with Crippen LogP contribution in [-0.2, 0) is 6.54 Å². The molecular weight excluding hydrogens is 240 g/mol. The molecule has 2 unspecified atom stereocenters. The van der Waals surface area contributed by atoms with Gasteiger partial charge in [-0.2, -0.15) is 0 Å². The van der Waals surface area contributed by atoms with Crippen molar-refractivity contribution >= 4 is 0 Å². The first-order valence-corrected chi connectivity index (χ1v) is 6.83. The number of rotatable bonds is 4. The van der Waals surface area contributed by atoms with E-state index in [-0.39, 0.29) is 0 Å². The Balaban J connectivity index is 2.06. The van der Waals surface area contributed by atoms with Crippen LogP contribution in [0.1, 0.15) is 18.9 Å². The Morgan fingerprint density at radius 3 is 2.74 bits per heavy atom. The molecule has 0 bridgehead atoms. The zero-order valence-corrected chi connectivity index (χ0v) is 12.1. The van der Waals surface area contributed by atoms with Crippen LogP contribution in [0.25, 0.3) is 0 Å². The minimum Gasteiger partial charge on any atom is -0.497 e. The molecule has 0 saturated carbocycles. The summed E-state index contributed by atoms with van der Waals surface area (Å²) in [6.07, 6.45) is 1.07. The first-order chi connectivity index (χ1) is 9.13. The van der Waals surface area contributed by atoms with Crippen LogP contribution in [0, 0.1) is 5.92 Å². The maximum atomic E-state index is 6.06. The maximum Gasteiger partial charge on any atom is 0.127 e. The molecule has 1 aromatic rings. The number of hydrogen-bond donors (Lipinski definition) is 1. The first kappa shape index (κ1) is 14.2. The molecular formula is C15H24N2O2. The van der Waals surface area contributed by atoms with Gasteiger partial charge in [-0.1, -0.05) is 13.0 Å². The number of methoxy groups -OCH3 is 2. The molecule has 1 aliphatic rings. The molecule has 2 atom stereocenters. The number of piperidine rings is 1. The van der Waals surface area contributed by atoms with Crippen LogP contribution in [0.15, 0.2) is 18.2 Å². The van der Waals surface area contributed by atoms with Gasteiger partial charge in [-0.15, -0.1) is 0 Å². The average molecular weight is 264 g/mol. The van der Waals surface area contributed by atoms with Gasteiger partial charge in [0.15, 0.2) is 0 Å². The molecule has 106 valence electrons. The molecule has 4 heteroatoms. The van der Waals surface area contributed by atoms with Gasteiger partial charge in [0.2, 0.25) is 0 Å². The quantitative estimate of drug-likeness (QED) is 0.902. The van der Waals surface area contributed by atoms with E-state index in [9.17, 15) is 0 Å². The fraction of sp³-hybridized carbons (Fsp3) is 0.600. The Hall–Kier alpha value is -1.26. The summed E-state index contributed by atoms with van der Waals surface area (Å²) >= 11 is 0. The highest BCUT2D eigenvalue weighted by Crippen LogP contribution is 2.27. The van der Waals surface area contributed by atoms with Crippen LogP contribution in [0.2, 0.25) is 0 Å². The topological polar surface area (TPSA) is 47.7 Å². The molecule has 0 radical (unpaired) electrons. The molecule has 1 aromatic carbocycles. The number of hydrogen-bond acceptors (Lipinski definition) is 4. The van der Waals surface area contributed by atoms with Gasteiger partial charge in [0.1, 0.15) is 11.5 Å². The van der Waals surface area contributed by atoms with Gasteiger partial charge in [0.05, 0.1) is 14.2 Å². The van der Waals surface area contributed by atoms with Crippen molar-refractivity contribution in [3.63, 3.8) is 0 Å². The van der Waals surface area contributed by atoms with Crippen LogP contribution < -0.4 is 15.2 Å². The second-order valence-electron chi connectivity index (χ2n) is 5.34. The molecule has 2 rings (SSSR count). The minimum absolute atomic E-state index is 0.342. The van der Waals surface area contributed by atoms with Gasteiger partial charge >= 0.3 is 0 Å². The van der Waals surface area contributed by atoms with E-state index < -0.39 is 0 Å². The SMILES string of the molecule is COc1ccc(CN2CCC(N)C(C)C2)c(OC)c1. The van der Waals surface area contributed by atoms with Crippen molar-refractivity contribution in [1.82, 2.24) is 4.90 Å². The summed E-state index contributed by atoms with van der Waals surface area (Å²) in [4.78, 5) is 2.44. The first-order valence-electron chi connectivity index (χ1n) is 6.83. The van der Waals surface area contributed by atoms with Crippen molar-refractivity contribution in [3.8, 4) is 11.5 Å². The van der Waals surface area contributed by atoms with Crippen LogP contribution in [0.3, 0.4) is 0 Å². The second-order valence-corrected chi connectivity index (χ2v) is 5.34. The number of ether oxygens (including phenoxy) is 2. The zero-order chi connectivity index (χ0) is 13.8. The van der Waals surface area contributed by atoms with Gasteiger partial charge in [-0.25, -0.2) is 0 Å². The van der Waals surface area contributed by atoms with Gasteiger partial charge < -0.3 is 15.2 Å². The molecule has 0 amide bonds. The van der Waals surface area contributed by atoms with Crippen molar-refractivity contribution in [3.05, 3.63) is 23.8 Å². The van der Waals surface area contributed by atoms with Crippen molar-refractivity contribution in [2.45, 2.75) is 25.9 Å². The Kier molecular flexibility index (Phi) is 4.66. The highest BCUT2D eigenvalue weighted by Gasteiger charge is 2.23. The van der Waals surface area contributed by atoms with Crippen LogP contribution in [0.5, 0.6) is 11.5 Å². The van der Waals surface area contributed by atoms with E-state index in [2.05, 4.69) is 17.9 Å². The van der Waals surface area contributed by atoms with E-state index in [4.69, 9.17) is 15.2 Å². The van der Waals surface area contributed by atoms with Gasteiger partial charge in [-0.05, 0) is 24.9 Å². The maximum absolute atomic E-state index is 6.06. The summed E-state index contributed by atoms with van der Waals surface area (Å²) in [5, 5.41) is 0. The van der Waals surface area contributed by atoms with Crippen molar-refractivity contribution in [1.29, 1.82) is 0 Å². The average Bonchev–Trinajstić information content (AvgIpc) is 2.43. The smallest absolute Gasteiger partial charge is 0.127 e. The molecule has 1 aliphatic heterocycles. The summed E-state index contributed by atoms with van der Waals surface area (Å²) in [6, 6.07) is 6.34. The molecule has 0 spiro atoms. The van der Waals surface area contributed by atoms with Crippen molar-refractivity contribution < 1.29 is 9.47 Å². The zero-order valence-electron chi connectivity index (χ0n) is 12.1. The van der Waals surface area contributed by atoms with E-state index >= 15 is 0 Å². The molecule has 1 fully saturated rings. The normalized spacial score (nSPS) is 24.2. The summed E-state index contributed by atoms with van der Waals surface area (Å²) in [5.41, 5.74) is 7.26. The lowest BCUT2D eigenvalue weighted by atomic mass is 9.94. The molecule has 0 aromatic heterocycles. The van der Waals surface area contributed by atoms with Gasteiger partial charge in [0.25, 0.3) is 0 Å². The second kappa shape index (κ2) is 6.26. The lowest BCUT2D eigenvalue weighted by Crippen LogP contribution is -2.45. The summed E-state index contributed by atoms with van der Waals surface area (Å²) in [6.45, 7) is 5.24. The monoisotopic (exact) mass is 264 g/mol. The van der Waals surface area contributed by atoms with Crippen molar-refractivity contribution in [2.75, 3.05) is 27.3 Å². The Morgan fingerprint density at radius 1 is 1.32 bits per heavy atom. The number of nitrogens with two attached hydrogens (primary N) is 1. The number of benzene rings is 1. The third-order valence-electron chi connectivity index (χ3n) is 3.94. The Labute approximate surface area is 115 Å². The fourth-order valence-electron chi connectivity index (χ4n) is 2.62. The highest BCUT2D eigenvalue weighted by molar-refractivity contribution is 5.40. The summed E-state index contributed by atoms with van der Waals surface area (Å²) in [7, 11) is 3.37. The summed E-state index contributed by atoms with van der Waals surface area (Å²) < 4.78 is 10.7. The predicted octanol–water partition coefficient (Wildman–Crippen LogP) is 1.87. The lowest BCUT2D eigenvalue weighted by molar-refractivity contribution is 0.156. The van der Waals surface area contributed by atoms with E-state index in [0.29, 0.717) is 12.0 Å². The minimum atomic E-state index is 0.342. The predicted molar refractivity (Wildman–Crippen MR) is 76.6 cm³/mol. The highest BCUT2D eigenvalue weighted by atomic mass is 16.5.